The number of fused-ring (bicyclic) bond motifs is 2. The lowest BCUT2D eigenvalue weighted by molar-refractivity contribution is -0.127. The number of piperidine rings is 1. The third-order valence-corrected chi connectivity index (χ3v) is 9.49. The second kappa shape index (κ2) is 9.20. The average Bonchev–Trinajstić information content (AvgIpc) is 3.38. The van der Waals surface area contributed by atoms with Crippen LogP contribution in [0, 0.1) is 13.8 Å². The number of hydrogen-bond donors (Lipinski definition) is 2. The van der Waals surface area contributed by atoms with Crippen LogP contribution in [0.1, 0.15) is 42.7 Å². The molecule has 1 amide bonds. The van der Waals surface area contributed by atoms with Crippen molar-refractivity contribution in [3.63, 3.8) is 0 Å². The molecular weight excluding hydrogens is 472 g/mol. The predicted octanol–water partition coefficient (Wildman–Crippen LogP) is 1.35. The Morgan fingerprint density at radius 2 is 1.94 bits per heavy atom. The van der Waals surface area contributed by atoms with Crippen LogP contribution in [0.4, 0.5) is 0 Å². The van der Waals surface area contributed by atoms with Gasteiger partial charge in [-0.15, -0.1) is 0 Å². The first-order chi connectivity index (χ1) is 16.7. The zero-order valence-electron chi connectivity index (χ0n) is 20.1. The van der Waals surface area contributed by atoms with Gasteiger partial charge in [-0.1, -0.05) is 17.3 Å². The molecule has 3 aliphatic heterocycles. The van der Waals surface area contributed by atoms with Gasteiger partial charge in [-0.25, -0.2) is 8.42 Å². The zero-order valence-corrected chi connectivity index (χ0v) is 20.9. The van der Waals surface area contributed by atoms with E-state index in [0.717, 1.165) is 41.0 Å². The van der Waals surface area contributed by atoms with E-state index in [1.54, 1.807) is 18.2 Å². The van der Waals surface area contributed by atoms with Crippen molar-refractivity contribution in [3.05, 3.63) is 41.3 Å². The quantitative estimate of drug-likeness (QED) is 0.628. The number of rotatable bonds is 2. The number of ether oxygens (including phenoxy) is 1. The Bertz CT molecular complexity index is 1180. The molecule has 4 heterocycles. The van der Waals surface area contributed by atoms with Gasteiger partial charge in [-0.3, -0.25) is 9.69 Å². The minimum atomic E-state index is -4.02. The Kier molecular flexibility index (Phi) is 6.37. The molecule has 35 heavy (non-hydrogen) atoms. The highest BCUT2D eigenvalue weighted by Gasteiger charge is 2.47. The number of carbonyl (C=O) groups is 1. The van der Waals surface area contributed by atoms with E-state index in [-0.39, 0.29) is 36.1 Å². The average molecular weight is 505 g/mol. The molecule has 1 aromatic heterocycles. The first kappa shape index (κ1) is 24.2. The predicted molar refractivity (Wildman–Crippen MR) is 126 cm³/mol. The maximum atomic E-state index is 13.5. The number of carbonyl (C=O) groups excluding carboxylic acids is 1. The smallest absolute Gasteiger partial charge is 0.247 e. The molecule has 0 unspecified atom stereocenters. The van der Waals surface area contributed by atoms with E-state index in [0.29, 0.717) is 19.3 Å². The van der Waals surface area contributed by atoms with Crippen molar-refractivity contribution in [1.82, 2.24) is 19.7 Å². The van der Waals surface area contributed by atoms with Gasteiger partial charge < -0.3 is 19.7 Å². The molecule has 2 N–H and O–H groups in total. The number of nitrogens with one attached hydrogen (secondary N) is 1. The van der Waals surface area contributed by atoms with E-state index in [1.165, 1.54) is 6.07 Å². The number of benzene rings is 1. The first-order valence-corrected chi connectivity index (χ1v) is 13.5. The Balaban J connectivity index is 1.40. The highest BCUT2D eigenvalue weighted by molar-refractivity contribution is 7.89. The standard InChI is InChI=1S/C24H32N4O6S/c1-16-19(17(2)34-26-16)15-27-10-7-24(8-11-27)9-12-33-21-5-3-4-6-22(21)35(31,32)28-14-18(29)13-20(28)23(30)25-24/h3-6,18,20,29H,7-15H2,1-2H3,(H,25,30)/t18-,20+/m1/s1. The number of nitrogens with zero attached hydrogens (tertiary/aromatic N) is 3. The maximum Gasteiger partial charge on any atom is 0.247 e. The summed E-state index contributed by atoms with van der Waals surface area (Å²) < 4.78 is 39.4. The van der Waals surface area contributed by atoms with Gasteiger partial charge in [0, 0.05) is 50.1 Å². The largest absolute Gasteiger partial charge is 0.492 e. The van der Waals surface area contributed by atoms with Gasteiger partial charge in [0.25, 0.3) is 0 Å². The van der Waals surface area contributed by atoms with E-state index < -0.39 is 27.7 Å². The molecule has 1 spiro atoms. The molecule has 3 aliphatic rings. The lowest BCUT2D eigenvalue weighted by Crippen LogP contribution is -2.59. The maximum absolute atomic E-state index is 13.5. The van der Waals surface area contributed by atoms with Crippen molar-refractivity contribution in [2.75, 3.05) is 26.2 Å². The zero-order chi connectivity index (χ0) is 24.8. The van der Waals surface area contributed by atoms with Crippen LogP contribution in [0.2, 0.25) is 0 Å². The van der Waals surface area contributed by atoms with Crippen molar-refractivity contribution in [2.45, 2.75) is 68.7 Å². The minimum absolute atomic E-state index is 0.0251. The van der Waals surface area contributed by atoms with Crippen LogP contribution in [0.5, 0.6) is 5.75 Å². The van der Waals surface area contributed by atoms with Gasteiger partial charge in [-0.05, 0) is 38.8 Å². The summed E-state index contributed by atoms with van der Waals surface area (Å²) >= 11 is 0. The second-order valence-electron chi connectivity index (χ2n) is 9.87. The van der Waals surface area contributed by atoms with Crippen molar-refractivity contribution >= 4 is 15.9 Å². The highest BCUT2D eigenvalue weighted by Crippen LogP contribution is 2.35. The molecule has 2 atom stereocenters. The molecule has 2 fully saturated rings. The van der Waals surface area contributed by atoms with Crippen LogP contribution in [0.25, 0.3) is 0 Å². The van der Waals surface area contributed by atoms with Gasteiger partial charge in [0.15, 0.2) is 0 Å². The lowest BCUT2D eigenvalue weighted by atomic mass is 9.84. The Morgan fingerprint density at radius 1 is 1.20 bits per heavy atom. The summed E-state index contributed by atoms with van der Waals surface area (Å²) in [6.07, 6.45) is 1.14. The fraction of sp³-hybridized carbons (Fsp3) is 0.583. The molecule has 0 radical (unpaired) electrons. The third-order valence-electron chi connectivity index (χ3n) is 7.57. The van der Waals surface area contributed by atoms with E-state index in [1.807, 2.05) is 13.8 Å². The van der Waals surface area contributed by atoms with Crippen LogP contribution in [-0.4, -0.2) is 77.7 Å². The molecule has 10 nitrogen and oxygen atoms in total. The van der Waals surface area contributed by atoms with E-state index in [2.05, 4.69) is 15.4 Å². The van der Waals surface area contributed by atoms with E-state index in [9.17, 15) is 18.3 Å². The number of hydrogen-bond acceptors (Lipinski definition) is 8. The van der Waals surface area contributed by atoms with Gasteiger partial charge in [0.1, 0.15) is 22.4 Å². The molecule has 11 heteroatoms. The van der Waals surface area contributed by atoms with Crippen molar-refractivity contribution in [1.29, 1.82) is 0 Å². The summed E-state index contributed by atoms with van der Waals surface area (Å²) in [6, 6.07) is 5.54. The van der Waals surface area contributed by atoms with Gasteiger partial charge in [0.05, 0.1) is 18.4 Å². The molecule has 0 aliphatic carbocycles. The van der Waals surface area contributed by atoms with Crippen LogP contribution in [0.15, 0.2) is 33.7 Å². The number of aryl methyl sites for hydroxylation is 2. The molecule has 190 valence electrons. The van der Waals surface area contributed by atoms with Gasteiger partial charge in [-0.2, -0.15) is 4.31 Å². The molecule has 2 saturated heterocycles. The van der Waals surface area contributed by atoms with Crippen molar-refractivity contribution in [3.8, 4) is 5.75 Å². The number of likely N-dealkylation sites (tertiary alicyclic amines) is 1. The summed E-state index contributed by atoms with van der Waals surface area (Å²) in [5.41, 5.74) is 1.46. The fourth-order valence-electron chi connectivity index (χ4n) is 5.43. The number of para-hydroxylation sites is 1. The number of aliphatic hydroxyl groups excluding tert-OH is 1. The Hall–Kier alpha value is -2.47. The molecule has 5 rings (SSSR count). The monoisotopic (exact) mass is 504 g/mol. The number of amides is 1. The fourth-order valence-corrected chi connectivity index (χ4v) is 7.20. The lowest BCUT2D eigenvalue weighted by Gasteiger charge is -2.43. The Morgan fingerprint density at radius 3 is 2.66 bits per heavy atom. The highest BCUT2D eigenvalue weighted by atomic mass is 32.2. The van der Waals surface area contributed by atoms with Crippen LogP contribution < -0.4 is 10.1 Å². The van der Waals surface area contributed by atoms with Crippen LogP contribution >= 0.6 is 0 Å². The third kappa shape index (κ3) is 4.57. The van der Waals surface area contributed by atoms with Crippen molar-refractivity contribution in [2.24, 2.45) is 0 Å². The molecular formula is C24H32N4O6S. The minimum Gasteiger partial charge on any atom is -0.492 e. The van der Waals surface area contributed by atoms with Gasteiger partial charge >= 0.3 is 0 Å². The number of aromatic nitrogens is 1. The molecule has 0 bridgehead atoms. The van der Waals surface area contributed by atoms with Gasteiger partial charge in [0.2, 0.25) is 15.9 Å². The van der Waals surface area contributed by atoms with Crippen molar-refractivity contribution < 1.29 is 27.6 Å². The summed E-state index contributed by atoms with van der Waals surface area (Å²) in [5.74, 6) is 0.732. The van der Waals surface area contributed by atoms with E-state index >= 15 is 0 Å². The summed E-state index contributed by atoms with van der Waals surface area (Å²) in [6.45, 7) is 6.27. The van der Waals surface area contributed by atoms with Crippen LogP contribution in [0.3, 0.4) is 0 Å². The number of aliphatic hydroxyl groups is 1. The normalized spacial score (nSPS) is 26.9. The topological polar surface area (TPSA) is 125 Å². The summed E-state index contributed by atoms with van der Waals surface area (Å²) in [5, 5.41) is 17.5. The summed E-state index contributed by atoms with van der Waals surface area (Å²) in [7, 11) is -4.02. The number of sulfonamides is 1. The molecule has 0 saturated carbocycles. The summed E-state index contributed by atoms with van der Waals surface area (Å²) in [4.78, 5) is 15.8. The first-order valence-electron chi connectivity index (χ1n) is 12.1. The van der Waals surface area contributed by atoms with E-state index in [4.69, 9.17) is 9.26 Å². The molecule has 2 aromatic rings. The SMILES string of the molecule is Cc1noc(C)c1CN1CCC2(CCOc3ccccc3S(=O)(=O)N3C[C@H](O)C[C@H]3C(=O)N2)CC1. The molecule has 1 aromatic carbocycles. The van der Waals surface area contributed by atoms with Crippen LogP contribution in [-0.2, 0) is 21.4 Å². The second-order valence-corrected chi connectivity index (χ2v) is 11.7. The Labute approximate surface area is 205 Å².